The third kappa shape index (κ3) is 3.05. The van der Waals surface area contributed by atoms with E-state index in [2.05, 4.69) is 0 Å². The number of aliphatic hydroxyl groups is 1. The molecule has 0 radical (unpaired) electrons. The standard InChI is InChI=1S/C12H14O6S/c1-7-2-3-8(12(14)15)10(4-7)18-11-6-19(16,17)5-9(11)13/h2-4,9,11,13H,5-6H2,1H3,(H,14,15). The van der Waals surface area contributed by atoms with Gasteiger partial charge in [-0.1, -0.05) is 6.07 Å². The van der Waals surface area contributed by atoms with Crippen molar-refractivity contribution in [3.05, 3.63) is 29.3 Å². The first kappa shape index (κ1) is 13.8. The van der Waals surface area contributed by atoms with E-state index < -0.39 is 28.0 Å². The molecule has 104 valence electrons. The van der Waals surface area contributed by atoms with Gasteiger partial charge in [-0.2, -0.15) is 0 Å². The fourth-order valence-corrected chi connectivity index (χ4v) is 3.64. The van der Waals surface area contributed by atoms with Crippen LogP contribution in [0.25, 0.3) is 0 Å². The van der Waals surface area contributed by atoms with E-state index in [1.54, 1.807) is 13.0 Å². The SMILES string of the molecule is Cc1ccc(C(=O)O)c(OC2CS(=O)(=O)CC2O)c1. The first-order chi connectivity index (χ1) is 8.78. The minimum absolute atomic E-state index is 0.0536. The molecule has 19 heavy (non-hydrogen) atoms. The molecule has 0 aromatic heterocycles. The fraction of sp³-hybridized carbons (Fsp3) is 0.417. The van der Waals surface area contributed by atoms with Crippen LogP contribution in [-0.2, 0) is 9.84 Å². The van der Waals surface area contributed by atoms with Crippen molar-refractivity contribution in [2.75, 3.05) is 11.5 Å². The number of aromatic carboxylic acids is 1. The number of aryl methyl sites for hydroxylation is 1. The van der Waals surface area contributed by atoms with E-state index in [9.17, 15) is 18.3 Å². The van der Waals surface area contributed by atoms with E-state index in [4.69, 9.17) is 9.84 Å². The van der Waals surface area contributed by atoms with Crippen molar-refractivity contribution in [1.82, 2.24) is 0 Å². The van der Waals surface area contributed by atoms with E-state index in [0.717, 1.165) is 5.56 Å². The second-order valence-electron chi connectivity index (χ2n) is 4.61. The third-order valence-corrected chi connectivity index (χ3v) is 4.60. The highest BCUT2D eigenvalue weighted by Crippen LogP contribution is 2.25. The topological polar surface area (TPSA) is 101 Å². The average Bonchev–Trinajstić information content (AvgIpc) is 2.51. The summed E-state index contributed by atoms with van der Waals surface area (Å²) in [5, 5.41) is 18.7. The molecule has 1 aromatic carbocycles. The molecule has 1 aliphatic heterocycles. The first-order valence-electron chi connectivity index (χ1n) is 5.67. The van der Waals surface area contributed by atoms with Crippen LogP contribution in [0.1, 0.15) is 15.9 Å². The Hall–Kier alpha value is -1.60. The van der Waals surface area contributed by atoms with Gasteiger partial charge in [-0.3, -0.25) is 0 Å². The van der Waals surface area contributed by atoms with Gasteiger partial charge in [0, 0.05) is 0 Å². The maximum absolute atomic E-state index is 11.4. The van der Waals surface area contributed by atoms with Gasteiger partial charge in [0.2, 0.25) is 0 Å². The molecule has 1 aliphatic rings. The Morgan fingerprint density at radius 3 is 2.58 bits per heavy atom. The molecule has 0 bridgehead atoms. The minimum Gasteiger partial charge on any atom is -0.486 e. The van der Waals surface area contributed by atoms with Crippen LogP contribution >= 0.6 is 0 Å². The van der Waals surface area contributed by atoms with Crippen molar-refractivity contribution in [2.24, 2.45) is 0 Å². The highest BCUT2D eigenvalue weighted by molar-refractivity contribution is 7.91. The number of aliphatic hydroxyl groups excluding tert-OH is 1. The molecule has 6 nitrogen and oxygen atoms in total. The van der Waals surface area contributed by atoms with Gasteiger partial charge < -0.3 is 14.9 Å². The van der Waals surface area contributed by atoms with Crippen molar-refractivity contribution in [3.8, 4) is 5.75 Å². The number of benzene rings is 1. The predicted molar refractivity (Wildman–Crippen MR) is 67.2 cm³/mol. The monoisotopic (exact) mass is 286 g/mol. The zero-order valence-electron chi connectivity index (χ0n) is 10.2. The summed E-state index contributed by atoms with van der Waals surface area (Å²) in [6.07, 6.45) is -2.06. The normalized spacial score (nSPS) is 25.2. The summed E-state index contributed by atoms with van der Waals surface area (Å²) in [7, 11) is -3.33. The van der Waals surface area contributed by atoms with E-state index in [0.29, 0.717) is 0 Å². The van der Waals surface area contributed by atoms with Crippen LogP contribution in [0.5, 0.6) is 5.75 Å². The summed E-state index contributed by atoms with van der Waals surface area (Å²) in [6.45, 7) is 1.76. The summed E-state index contributed by atoms with van der Waals surface area (Å²) in [6, 6.07) is 4.53. The molecule has 0 amide bonds. The van der Waals surface area contributed by atoms with Crippen molar-refractivity contribution < 1.29 is 28.2 Å². The van der Waals surface area contributed by atoms with Crippen LogP contribution in [0.4, 0.5) is 0 Å². The summed E-state index contributed by atoms with van der Waals surface area (Å²) in [5.74, 6) is -1.74. The van der Waals surface area contributed by atoms with Crippen LogP contribution in [0.3, 0.4) is 0 Å². The largest absolute Gasteiger partial charge is 0.486 e. The third-order valence-electron chi connectivity index (χ3n) is 2.92. The summed E-state index contributed by atoms with van der Waals surface area (Å²) >= 11 is 0. The van der Waals surface area contributed by atoms with Gasteiger partial charge in [0.15, 0.2) is 9.84 Å². The van der Waals surface area contributed by atoms with Gasteiger partial charge in [-0.15, -0.1) is 0 Å². The fourth-order valence-electron chi connectivity index (χ4n) is 1.98. The van der Waals surface area contributed by atoms with Gasteiger partial charge in [0.05, 0.1) is 11.5 Å². The van der Waals surface area contributed by atoms with Crippen LogP contribution in [0.15, 0.2) is 18.2 Å². The lowest BCUT2D eigenvalue weighted by molar-refractivity contribution is 0.0636. The number of carboxylic acids is 1. The molecule has 2 unspecified atom stereocenters. The van der Waals surface area contributed by atoms with Crippen LogP contribution in [0.2, 0.25) is 0 Å². The smallest absolute Gasteiger partial charge is 0.339 e. The Balaban J connectivity index is 2.29. The lowest BCUT2D eigenvalue weighted by Crippen LogP contribution is -2.30. The molecule has 0 aliphatic carbocycles. The van der Waals surface area contributed by atoms with Gasteiger partial charge in [0.25, 0.3) is 0 Å². The maximum atomic E-state index is 11.4. The second-order valence-corrected chi connectivity index (χ2v) is 6.76. The minimum atomic E-state index is -3.33. The Morgan fingerprint density at radius 1 is 1.37 bits per heavy atom. The van der Waals surface area contributed by atoms with Gasteiger partial charge in [0.1, 0.15) is 23.5 Å². The second kappa shape index (κ2) is 4.82. The predicted octanol–water partition coefficient (Wildman–Crippen LogP) is 0.230. The van der Waals surface area contributed by atoms with Crippen LogP contribution in [0, 0.1) is 6.92 Å². The Kier molecular flexibility index (Phi) is 3.51. The molecule has 2 atom stereocenters. The molecule has 7 heteroatoms. The van der Waals surface area contributed by atoms with E-state index >= 15 is 0 Å². The molecule has 1 saturated heterocycles. The number of hydrogen-bond acceptors (Lipinski definition) is 5. The summed E-state index contributed by atoms with van der Waals surface area (Å²) < 4.78 is 28.1. The maximum Gasteiger partial charge on any atom is 0.339 e. The zero-order valence-corrected chi connectivity index (χ0v) is 11.1. The zero-order chi connectivity index (χ0) is 14.2. The Labute approximate surface area is 110 Å². The number of rotatable bonds is 3. The Morgan fingerprint density at radius 2 is 2.05 bits per heavy atom. The molecular formula is C12H14O6S. The number of sulfone groups is 1. The van der Waals surface area contributed by atoms with E-state index in [1.807, 2.05) is 0 Å². The van der Waals surface area contributed by atoms with E-state index in [1.165, 1.54) is 12.1 Å². The molecule has 1 aromatic rings. The number of ether oxygens (including phenoxy) is 1. The lowest BCUT2D eigenvalue weighted by Gasteiger charge is -2.17. The highest BCUT2D eigenvalue weighted by atomic mass is 32.2. The average molecular weight is 286 g/mol. The quantitative estimate of drug-likeness (QED) is 0.825. The van der Waals surface area contributed by atoms with Crippen molar-refractivity contribution >= 4 is 15.8 Å². The van der Waals surface area contributed by atoms with Gasteiger partial charge in [-0.05, 0) is 24.6 Å². The summed E-state index contributed by atoms with van der Waals surface area (Å²) in [5.41, 5.74) is 0.734. The molecule has 0 spiro atoms. The molecule has 2 rings (SSSR count). The lowest BCUT2D eigenvalue weighted by atomic mass is 10.1. The first-order valence-corrected chi connectivity index (χ1v) is 7.50. The number of carboxylic acid groups (broad SMARTS) is 1. The number of carbonyl (C=O) groups is 1. The van der Waals surface area contributed by atoms with Crippen molar-refractivity contribution in [1.29, 1.82) is 0 Å². The molecule has 1 fully saturated rings. The molecule has 2 N–H and O–H groups in total. The van der Waals surface area contributed by atoms with E-state index in [-0.39, 0.29) is 22.8 Å². The highest BCUT2D eigenvalue weighted by Gasteiger charge is 2.38. The van der Waals surface area contributed by atoms with Crippen molar-refractivity contribution in [2.45, 2.75) is 19.1 Å². The molecule has 1 heterocycles. The summed E-state index contributed by atoms with van der Waals surface area (Å²) in [4.78, 5) is 11.1. The molecule has 0 saturated carbocycles. The van der Waals surface area contributed by atoms with Gasteiger partial charge in [-0.25, -0.2) is 13.2 Å². The Bertz CT molecular complexity index is 607. The van der Waals surface area contributed by atoms with Crippen LogP contribution < -0.4 is 4.74 Å². The number of hydrogen-bond donors (Lipinski definition) is 2. The molecular weight excluding hydrogens is 272 g/mol. The van der Waals surface area contributed by atoms with Crippen molar-refractivity contribution in [3.63, 3.8) is 0 Å². The van der Waals surface area contributed by atoms with Crippen LogP contribution in [-0.4, -0.2) is 48.3 Å². The van der Waals surface area contributed by atoms with Gasteiger partial charge >= 0.3 is 5.97 Å².